The van der Waals surface area contributed by atoms with Crippen LogP contribution in [0, 0.1) is 11.3 Å². The maximum atomic E-state index is 3.82. The summed E-state index contributed by atoms with van der Waals surface area (Å²) < 4.78 is 0. The molecule has 0 saturated carbocycles. The third-order valence-corrected chi connectivity index (χ3v) is 3.33. The van der Waals surface area contributed by atoms with Crippen LogP contribution in [0.2, 0.25) is 0 Å². The van der Waals surface area contributed by atoms with E-state index >= 15 is 0 Å². The van der Waals surface area contributed by atoms with Crippen LogP contribution in [0.5, 0.6) is 0 Å². The predicted octanol–water partition coefficient (Wildman–Crippen LogP) is 5.19. The molecular weight excluding hydrogens is 230 g/mol. The molecule has 0 bridgehead atoms. The summed E-state index contributed by atoms with van der Waals surface area (Å²) in [4.78, 5) is 0. The van der Waals surface area contributed by atoms with E-state index in [4.69, 9.17) is 0 Å². The molecular formula is C18H31N. The Labute approximate surface area is 119 Å². The fourth-order valence-electron chi connectivity index (χ4n) is 2.69. The van der Waals surface area contributed by atoms with Crippen LogP contribution in [0.25, 0.3) is 0 Å². The van der Waals surface area contributed by atoms with Crippen molar-refractivity contribution in [1.29, 1.82) is 0 Å². The molecule has 0 spiro atoms. The van der Waals surface area contributed by atoms with Crippen LogP contribution in [-0.2, 0) is 0 Å². The van der Waals surface area contributed by atoms with Gasteiger partial charge in [0.2, 0.25) is 0 Å². The topological polar surface area (TPSA) is 12.0 Å². The molecule has 0 aliphatic rings. The van der Waals surface area contributed by atoms with Crippen LogP contribution in [0.4, 0.5) is 0 Å². The van der Waals surface area contributed by atoms with E-state index in [1.807, 2.05) is 0 Å². The Kier molecular flexibility index (Phi) is 6.06. The van der Waals surface area contributed by atoms with E-state index in [0.717, 1.165) is 5.92 Å². The number of hydrogen-bond acceptors (Lipinski definition) is 1. The Morgan fingerprint density at radius 2 is 1.58 bits per heavy atom. The standard InChI is InChI=1S/C18H31N/c1-14(2)12-15(3)19-17(13-18(4,5)6)16-10-8-7-9-11-16/h7-11,14-15,17,19H,12-13H2,1-6H3. The van der Waals surface area contributed by atoms with Crippen molar-refractivity contribution in [3.63, 3.8) is 0 Å². The molecule has 0 amide bonds. The van der Waals surface area contributed by atoms with E-state index in [0.29, 0.717) is 17.5 Å². The molecule has 1 heteroatoms. The zero-order valence-corrected chi connectivity index (χ0v) is 13.5. The van der Waals surface area contributed by atoms with Crippen molar-refractivity contribution in [1.82, 2.24) is 5.32 Å². The summed E-state index contributed by atoms with van der Waals surface area (Å²) in [7, 11) is 0. The van der Waals surface area contributed by atoms with Gasteiger partial charge in [-0.3, -0.25) is 0 Å². The van der Waals surface area contributed by atoms with Crippen LogP contribution < -0.4 is 5.32 Å². The Morgan fingerprint density at radius 3 is 2.05 bits per heavy atom. The molecule has 0 fully saturated rings. The Balaban J connectivity index is 2.76. The van der Waals surface area contributed by atoms with Gasteiger partial charge in [0.05, 0.1) is 0 Å². The molecule has 2 unspecified atom stereocenters. The number of nitrogens with one attached hydrogen (secondary N) is 1. The van der Waals surface area contributed by atoms with E-state index in [9.17, 15) is 0 Å². The lowest BCUT2D eigenvalue weighted by Gasteiger charge is -2.30. The van der Waals surface area contributed by atoms with Crippen LogP contribution in [0.1, 0.15) is 66.0 Å². The molecule has 1 aromatic rings. The lowest BCUT2D eigenvalue weighted by Crippen LogP contribution is -2.33. The minimum atomic E-state index is 0.338. The molecule has 0 heterocycles. The summed E-state index contributed by atoms with van der Waals surface area (Å²) in [5.74, 6) is 0.744. The zero-order chi connectivity index (χ0) is 14.5. The third-order valence-electron chi connectivity index (χ3n) is 3.33. The first-order chi connectivity index (χ1) is 8.78. The average Bonchev–Trinajstić information content (AvgIpc) is 2.26. The monoisotopic (exact) mass is 261 g/mol. The Bertz CT molecular complexity index is 348. The predicted molar refractivity (Wildman–Crippen MR) is 85.3 cm³/mol. The highest BCUT2D eigenvalue weighted by molar-refractivity contribution is 5.19. The van der Waals surface area contributed by atoms with Gasteiger partial charge in [0.1, 0.15) is 0 Å². The lowest BCUT2D eigenvalue weighted by atomic mass is 9.85. The van der Waals surface area contributed by atoms with E-state index in [1.165, 1.54) is 18.4 Å². The first-order valence-corrected chi connectivity index (χ1v) is 7.59. The van der Waals surface area contributed by atoms with Crippen molar-refractivity contribution in [2.75, 3.05) is 0 Å². The highest BCUT2D eigenvalue weighted by Crippen LogP contribution is 2.30. The van der Waals surface area contributed by atoms with E-state index in [-0.39, 0.29) is 0 Å². The van der Waals surface area contributed by atoms with Crippen molar-refractivity contribution in [3.8, 4) is 0 Å². The second-order valence-electron chi connectivity index (χ2n) is 7.43. The van der Waals surface area contributed by atoms with Gasteiger partial charge in [-0.05, 0) is 36.7 Å². The van der Waals surface area contributed by atoms with Gasteiger partial charge in [0.15, 0.2) is 0 Å². The SMILES string of the molecule is CC(C)CC(C)NC(CC(C)(C)C)c1ccccc1. The van der Waals surface area contributed by atoms with Crippen molar-refractivity contribution >= 4 is 0 Å². The number of rotatable bonds is 6. The third kappa shape index (κ3) is 6.77. The van der Waals surface area contributed by atoms with Gasteiger partial charge < -0.3 is 5.32 Å². The Morgan fingerprint density at radius 1 is 1.00 bits per heavy atom. The molecule has 1 rings (SSSR count). The molecule has 108 valence electrons. The van der Waals surface area contributed by atoms with E-state index in [2.05, 4.69) is 77.2 Å². The highest BCUT2D eigenvalue weighted by atomic mass is 14.9. The smallest absolute Gasteiger partial charge is 0.0327 e. The van der Waals surface area contributed by atoms with Crippen LogP contribution >= 0.6 is 0 Å². The molecule has 0 radical (unpaired) electrons. The first kappa shape index (κ1) is 16.2. The van der Waals surface area contributed by atoms with Gasteiger partial charge in [0.25, 0.3) is 0 Å². The summed E-state index contributed by atoms with van der Waals surface area (Å²) in [6, 6.07) is 11.9. The maximum Gasteiger partial charge on any atom is 0.0327 e. The maximum absolute atomic E-state index is 3.82. The van der Waals surface area contributed by atoms with Crippen molar-refractivity contribution in [3.05, 3.63) is 35.9 Å². The van der Waals surface area contributed by atoms with Crippen LogP contribution in [-0.4, -0.2) is 6.04 Å². The summed E-state index contributed by atoms with van der Waals surface area (Å²) >= 11 is 0. The average molecular weight is 261 g/mol. The molecule has 0 aromatic heterocycles. The van der Waals surface area contributed by atoms with Crippen molar-refractivity contribution in [2.24, 2.45) is 11.3 Å². The minimum absolute atomic E-state index is 0.338. The molecule has 0 aliphatic heterocycles. The molecule has 1 aromatic carbocycles. The fraction of sp³-hybridized carbons (Fsp3) is 0.667. The highest BCUT2D eigenvalue weighted by Gasteiger charge is 2.21. The minimum Gasteiger partial charge on any atom is -0.307 e. The lowest BCUT2D eigenvalue weighted by molar-refractivity contribution is 0.286. The van der Waals surface area contributed by atoms with Crippen molar-refractivity contribution in [2.45, 2.75) is 66.5 Å². The number of hydrogen-bond donors (Lipinski definition) is 1. The molecule has 19 heavy (non-hydrogen) atoms. The summed E-state index contributed by atoms with van der Waals surface area (Å²) in [5, 5.41) is 3.82. The molecule has 1 nitrogen and oxygen atoms in total. The molecule has 0 saturated heterocycles. The fourth-order valence-corrected chi connectivity index (χ4v) is 2.69. The van der Waals surface area contributed by atoms with Crippen LogP contribution in [0.3, 0.4) is 0 Å². The largest absolute Gasteiger partial charge is 0.307 e. The summed E-state index contributed by atoms with van der Waals surface area (Å²) in [5.41, 5.74) is 1.75. The van der Waals surface area contributed by atoms with E-state index in [1.54, 1.807) is 0 Å². The number of benzene rings is 1. The van der Waals surface area contributed by atoms with Gasteiger partial charge in [0, 0.05) is 12.1 Å². The Hall–Kier alpha value is -0.820. The van der Waals surface area contributed by atoms with Gasteiger partial charge in [-0.25, -0.2) is 0 Å². The van der Waals surface area contributed by atoms with Gasteiger partial charge >= 0.3 is 0 Å². The second kappa shape index (κ2) is 7.09. The first-order valence-electron chi connectivity index (χ1n) is 7.59. The van der Waals surface area contributed by atoms with E-state index < -0.39 is 0 Å². The normalized spacial score (nSPS) is 15.5. The van der Waals surface area contributed by atoms with Gasteiger partial charge in [-0.2, -0.15) is 0 Å². The van der Waals surface area contributed by atoms with Crippen molar-refractivity contribution < 1.29 is 0 Å². The molecule has 2 atom stereocenters. The second-order valence-corrected chi connectivity index (χ2v) is 7.43. The molecule has 1 N–H and O–H groups in total. The summed E-state index contributed by atoms with van der Waals surface area (Å²) in [6.07, 6.45) is 2.40. The van der Waals surface area contributed by atoms with Gasteiger partial charge in [-0.15, -0.1) is 0 Å². The zero-order valence-electron chi connectivity index (χ0n) is 13.5. The molecule has 0 aliphatic carbocycles. The van der Waals surface area contributed by atoms with Gasteiger partial charge in [-0.1, -0.05) is 65.0 Å². The quantitative estimate of drug-likeness (QED) is 0.743. The van der Waals surface area contributed by atoms with Crippen LogP contribution in [0.15, 0.2) is 30.3 Å². The summed E-state index contributed by atoms with van der Waals surface area (Å²) in [6.45, 7) is 13.8.